The molecule has 0 unspecified atom stereocenters. The van der Waals surface area contributed by atoms with Crippen molar-refractivity contribution >= 4 is 23.0 Å². The molecule has 2 aromatic rings. The van der Waals surface area contributed by atoms with Crippen molar-refractivity contribution < 1.29 is 9.53 Å². The Morgan fingerprint density at radius 2 is 1.52 bits per heavy atom. The molecule has 0 spiro atoms. The molecule has 6 nitrogen and oxygen atoms in total. The Morgan fingerprint density at radius 3 is 2.19 bits per heavy atom. The van der Waals surface area contributed by atoms with E-state index in [1.54, 1.807) is 7.11 Å². The van der Waals surface area contributed by atoms with Crippen LogP contribution in [0.15, 0.2) is 48.5 Å². The van der Waals surface area contributed by atoms with E-state index >= 15 is 0 Å². The molecule has 1 N–H and O–H groups in total. The summed E-state index contributed by atoms with van der Waals surface area (Å²) < 4.78 is 5.49. The first-order chi connectivity index (χ1) is 15.2. The first kappa shape index (κ1) is 21.5. The van der Waals surface area contributed by atoms with E-state index in [-0.39, 0.29) is 5.91 Å². The molecule has 4 rings (SSSR count). The number of para-hydroxylation sites is 2. The number of carbonyl (C=O) groups is 1. The summed E-state index contributed by atoms with van der Waals surface area (Å²) in [5.74, 6) is 0.950. The summed E-state index contributed by atoms with van der Waals surface area (Å²) >= 11 is 0. The predicted molar refractivity (Wildman–Crippen MR) is 127 cm³/mol. The Kier molecular flexibility index (Phi) is 7.30. The van der Waals surface area contributed by atoms with Crippen molar-refractivity contribution in [3.8, 4) is 5.75 Å². The number of hydrogen-bond donors (Lipinski definition) is 1. The molecule has 0 saturated carbocycles. The summed E-state index contributed by atoms with van der Waals surface area (Å²) in [6, 6.07) is 16.4. The average molecular weight is 423 g/mol. The van der Waals surface area contributed by atoms with Crippen molar-refractivity contribution in [2.75, 3.05) is 68.0 Å². The molecule has 6 heteroatoms. The third-order valence-electron chi connectivity index (χ3n) is 6.29. The quantitative estimate of drug-likeness (QED) is 0.767. The number of rotatable bonds is 6. The van der Waals surface area contributed by atoms with Gasteiger partial charge in [-0.1, -0.05) is 25.0 Å². The van der Waals surface area contributed by atoms with Gasteiger partial charge in [-0.15, -0.1) is 0 Å². The first-order valence-corrected chi connectivity index (χ1v) is 11.5. The summed E-state index contributed by atoms with van der Waals surface area (Å²) in [4.78, 5) is 19.6. The lowest BCUT2D eigenvalue weighted by Crippen LogP contribution is -2.48. The van der Waals surface area contributed by atoms with Gasteiger partial charge in [-0.2, -0.15) is 0 Å². The van der Waals surface area contributed by atoms with Crippen LogP contribution in [0, 0.1) is 0 Å². The van der Waals surface area contributed by atoms with Crippen LogP contribution in [0.25, 0.3) is 0 Å². The molecule has 2 aromatic carbocycles. The minimum absolute atomic E-state index is 0.0493. The van der Waals surface area contributed by atoms with Crippen LogP contribution in [0.1, 0.15) is 25.7 Å². The second-order valence-corrected chi connectivity index (χ2v) is 8.43. The molecule has 0 radical (unpaired) electrons. The summed E-state index contributed by atoms with van der Waals surface area (Å²) in [6.07, 6.45) is 5.20. The van der Waals surface area contributed by atoms with Crippen LogP contribution in [-0.4, -0.2) is 63.7 Å². The van der Waals surface area contributed by atoms with Crippen LogP contribution >= 0.6 is 0 Å². The second-order valence-electron chi connectivity index (χ2n) is 8.43. The highest BCUT2D eigenvalue weighted by Gasteiger charge is 2.21. The van der Waals surface area contributed by atoms with E-state index in [1.165, 1.54) is 31.4 Å². The number of methoxy groups -OCH3 is 1. The molecular weight excluding hydrogens is 388 g/mol. The lowest BCUT2D eigenvalue weighted by atomic mass is 10.2. The standard InChI is InChI=1S/C25H34N4O2/c1-31-24-9-5-4-8-23(24)29-18-16-27(17-19-29)20-25(30)26-21-10-12-22(13-11-21)28-14-6-2-3-7-15-28/h4-5,8-13H,2-3,6-7,14-20H2,1H3,(H,26,30). The van der Waals surface area contributed by atoms with Crippen molar-refractivity contribution in [1.82, 2.24) is 4.90 Å². The Morgan fingerprint density at radius 1 is 0.839 bits per heavy atom. The lowest BCUT2D eigenvalue weighted by Gasteiger charge is -2.36. The van der Waals surface area contributed by atoms with E-state index in [1.807, 2.05) is 30.3 Å². The van der Waals surface area contributed by atoms with Crippen LogP contribution in [0.4, 0.5) is 17.1 Å². The maximum absolute atomic E-state index is 12.6. The average Bonchev–Trinajstić information content (AvgIpc) is 3.10. The van der Waals surface area contributed by atoms with Gasteiger partial charge in [0.15, 0.2) is 0 Å². The fourth-order valence-electron chi connectivity index (χ4n) is 4.53. The molecule has 0 atom stereocenters. The van der Waals surface area contributed by atoms with Gasteiger partial charge in [0.25, 0.3) is 0 Å². The molecule has 0 aliphatic carbocycles. The van der Waals surface area contributed by atoms with Gasteiger partial charge in [0.1, 0.15) is 5.75 Å². The maximum atomic E-state index is 12.6. The molecule has 2 aliphatic heterocycles. The smallest absolute Gasteiger partial charge is 0.238 e. The first-order valence-electron chi connectivity index (χ1n) is 11.5. The molecular formula is C25H34N4O2. The number of ether oxygens (including phenoxy) is 1. The van der Waals surface area contributed by atoms with Gasteiger partial charge in [-0.3, -0.25) is 9.69 Å². The Balaban J connectivity index is 1.25. The van der Waals surface area contributed by atoms with E-state index in [4.69, 9.17) is 4.74 Å². The fraction of sp³-hybridized carbons (Fsp3) is 0.480. The SMILES string of the molecule is COc1ccccc1N1CCN(CC(=O)Nc2ccc(N3CCCCCC3)cc2)CC1. The normalized spacial score (nSPS) is 17.8. The highest BCUT2D eigenvalue weighted by Crippen LogP contribution is 2.28. The number of amides is 1. The highest BCUT2D eigenvalue weighted by atomic mass is 16.5. The Hall–Kier alpha value is -2.73. The number of hydrogen-bond acceptors (Lipinski definition) is 5. The third kappa shape index (κ3) is 5.70. The number of nitrogens with one attached hydrogen (secondary N) is 1. The number of benzene rings is 2. The predicted octanol–water partition coefficient (Wildman–Crippen LogP) is 3.84. The van der Waals surface area contributed by atoms with Gasteiger partial charge in [0, 0.05) is 50.6 Å². The summed E-state index contributed by atoms with van der Waals surface area (Å²) in [7, 11) is 1.71. The topological polar surface area (TPSA) is 48.1 Å². The summed E-state index contributed by atoms with van der Waals surface area (Å²) in [6.45, 7) is 6.18. The largest absolute Gasteiger partial charge is 0.495 e. The zero-order chi connectivity index (χ0) is 21.5. The Bertz CT molecular complexity index is 839. The van der Waals surface area contributed by atoms with Gasteiger partial charge in [0.05, 0.1) is 19.3 Å². The van der Waals surface area contributed by atoms with E-state index in [9.17, 15) is 4.79 Å². The van der Waals surface area contributed by atoms with Crippen molar-refractivity contribution in [3.63, 3.8) is 0 Å². The zero-order valence-electron chi connectivity index (χ0n) is 18.6. The molecule has 2 aliphatic rings. The number of anilines is 3. The molecule has 166 valence electrons. The molecule has 2 heterocycles. The van der Waals surface area contributed by atoms with Gasteiger partial charge in [-0.25, -0.2) is 0 Å². The third-order valence-corrected chi connectivity index (χ3v) is 6.29. The van der Waals surface area contributed by atoms with Crippen LogP contribution in [0.5, 0.6) is 5.75 Å². The van der Waals surface area contributed by atoms with Gasteiger partial charge in [-0.05, 0) is 49.2 Å². The molecule has 1 amide bonds. The van der Waals surface area contributed by atoms with E-state index in [0.29, 0.717) is 6.54 Å². The van der Waals surface area contributed by atoms with Crippen LogP contribution < -0.4 is 19.9 Å². The van der Waals surface area contributed by atoms with Crippen molar-refractivity contribution in [1.29, 1.82) is 0 Å². The van der Waals surface area contributed by atoms with Crippen LogP contribution in [-0.2, 0) is 4.79 Å². The summed E-state index contributed by atoms with van der Waals surface area (Å²) in [5.41, 5.74) is 3.25. The molecule has 0 aromatic heterocycles. The monoisotopic (exact) mass is 422 g/mol. The number of carbonyl (C=O) groups excluding carboxylic acids is 1. The van der Waals surface area contributed by atoms with Gasteiger partial charge in [0.2, 0.25) is 5.91 Å². The van der Waals surface area contributed by atoms with E-state index in [2.05, 4.69) is 38.2 Å². The second kappa shape index (κ2) is 10.5. The minimum Gasteiger partial charge on any atom is -0.495 e. The van der Waals surface area contributed by atoms with Crippen molar-refractivity contribution in [2.45, 2.75) is 25.7 Å². The van der Waals surface area contributed by atoms with Crippen molar-refractivity contribution in [2.24, 2.45) is 0 Å². The molecule has 2 fully saturated rings. The van der Waals surface area contributed by atoms with Crippen LogP contribution in [0.2, 0.25) is 0 Å². The van der Waals surface area contributed by atoms with Gasteiger partial charge >= 0.3 is 0 Å². The highest BCUT2D eigenvalue weighted by molar-refractivity contribution is 5.92. The molecule has 2 saturated heterocycles. The zero-order valence-corrected chi connectivity index (χ0v) is 18.6. The maximum Gasteiger partial charge on any atom is 0.238 e. The van der Waals surface area contributed by atoms with E-state index < -0.39 is 0 Å². The fourth-order valence-corrected chi connectivity index (χ4v) is 4.53. The number of nitrogens with zero attached hydrogens (tertiary/aromatic N) is 3. The minimum atomic E-state index is 0.0493. The number of piperazine rings is 1. The van der Waals surface area contributed by atoms with Crippen LogP contribution in [0.3, 0.4) is 0 Å². The van der Waals surface area contributed by atoms with Crippen molar-refractivity contribution in [3.05, 3.63) is 48.5 Å². The lowest BCUT2D eigenvalue weighted by molar-refractivity contribution is -0.117. The van der Waals surface area contributed by atoms with Gasteiger partial charge < -0.3 is 19.9 Å². The molecule has 0 bridgehead atoms. The van der Waals surface area contributed by atoms with E-state index in [0.717, 1.165) is 56.4 Å². The Labute approximate surface area is 185 Å². The summed E-state index contributed by atoms with van der Waals surface area (Å²) in [5, 5.41) is 3.06. The molecule has 31 heavy (non-hydrogen) atoms.